The molecule has 2 aliphatic rings. The second-order valence-corrected chi connectivity index (χ2v) is 3.61. The van der Waals surface area contributed by atoms with Crippen LogP contribution in [0.4, 0.5) is 0 Å². The zero-order valence-electron chi connectivity index (χ0n) is 6.77. The summed E-state index contributed by atoms with van der Waals surface area (Å²) in [6.07, 6.45) is 4.00. The van der Waals surface area contributed by atoms with Gasteiger partial charge in [0.15, 0.2) is 0 Å². The molecule has 2 saturated heterocycles. The summed E-state index contributed by atoms with van der Waals surface area (Å²) in [5.41, 5.74) is 0.552. The summed E-state index contributed by atoms with van der Waals surface area (Å²) < 4.78 is 5.51. The minimum absolute atomic E-state index is 0. The van der Waals surface area contributed by atoms with E-state index in [-0.39, 0.29) is 12.4 Å². The maximum atomic E-state index is 5.51. The monoisotopic (exact) mass is 177 g/mol. The maximum Gasteiger partial charge on any atom is 0.0546 e. The lowest BCUT2D eigenvalue weighted by Gasteiger charge is -2.41. The van der Waals surface area contributed by atoms with Crippen molar-refractivity contribution in [3.8, 4) is 0 Å². The van der Waals surface area contributed by atoms with Crippen LogP contribution in [-0.4, -0.2) is 26.3 Å². The summed E-state index contributed by atoms with van der Waals surface area (Å²) in [5, 5.41) is 3.32. The fourth-order valence-corrected chi connectivity index (χ4v) is 1.82. The number of hydrogen-bond acceptors (Lipinski definition) is 2. The third kappa shape index (κ3) is 1.86. The van der Waals surface area contributed by atoms with Gasteiger partial charge in [-0.2, -0.15) is 0 Å². The lowest BCUT2D eigenvalue weighted by molar-refractivity contribution is 0.0254. The third-order valence-electron chi connectivity index (χ3n) is 2.65. The van der Waals surface area contributed by atoms with E-state index in [1.165, 1.54) is 32.4 Å². The van der Waals surface area contributed by atoms with E-state index >= 15 is 0 Å². The van der Waals surface area contributed by atoms with Crippen LogP contribution in [0.5, 0.6) is 0 Å². The first-order valence-corrected chi connectivity index (χ1v) is 4.20. The molecule has 0 unspecified atom stereocenters. The first-order valence-electron chi connectivity index (χ1n) is 4.20. The molecule has 1 spiro atoms. The summed E-state index contributed by atoms with van der Waals surface area (Å²) in [4.78, 5) is 0. The average Bonchev–Trinajstić information content (AvgIpc) is 2.08. The van der Waals surface area contributed by atoms with Crippen molar-refractivity contribution < 1.29 is 4.74 Å². The molecule has 66 valence electrons. The van der Waals surface area contributed by atoms with Crippen molar-refractivity contribution in [1.29, 1.82) is 0 Å². The van der Waals surface area contributed by atoms with E-state index in [4.69, 9.17) is 4.74 Å². The number of ether oxygens (including phenoxy) is 1. The van der Waals surface area contributed by atoms with E-state index in [0.717, 1.165) is 13.2 Å². The molecule has 0 amide bonds. The molecular formula is C8H16ClNO. The molecule has 2 fully saturated rings. The van der Waals surface area contributed by atoms with Crippen LogP contribution in [0.15, 0.2) is 0 Å². The van der Waals surface area contributed by atoms with Gasteiger partial charge in [-0.3, -0.25) is 0 Å². The van der Waals surface area contributed by atoms with E-state index in [1.807, 2.05) is 0 Å². The standard InChI is InChI=1S/C8H15NO.ClH/c1-2-4-10-7-8(3-1)5-9-6-8;/h9H,1-7H2;1H. The number of halogens is 1. The van der Waals surface area contributed by atoms with Crippen molar-refractivity contribution in [1.82, 2.24) is 5.32 Å². The van der Waals surface area contributed by atoms with Gasteiger partial charge >= 0.3 is 0 Å². The van der Waals surface area contributed by atoms with Crippen LogP contribution in [-0.2, 0) is 4.74 Å². The second-order valence-electron chi connectivity index (χ2n) is 3.61. The molecule has 11 heavy (non-hydrogen) atoms. The zero-order valence-corrected chi connectivity index (χ0v) is 7.58. The molecule has 2 heterocycles. The lowest BCUT2D eigenvalue weighted by Crippen LogP contribution is -2.55. The van der Waals surface area contributed by atoms with Crippen molar-refractivity contribution in [3.05, 3.63) is 0 Å². The minimum Gasteiger partial charge on any atom is -0.381 e. The van der Waals surface area contributed by atoms with Crippen LogP contribution >= 0.6 is 12.4 Å². The molecule has 0 radical (unpaired) electrons. The van der Waals surface area contributed by atoms with Gasteiger partial charge in [0.25, 0.3) is 0 Å². The van der Waals surface area contributed by atoms with Gasteiger partial charge in [0.05, 0.1) is 6.61 Å². The van der Waals surface area contributed by atoms with Crippen LogP contribution in [0.25, 0.3) is 0 Å². The van der Waals surface area contributed by atoms with Gasteiger partial charge in [0.1, 0.15) is 0 Å². The van der Waals surface area contributed by atoms with Crippen LogP contribution in [0.2, 0.25) is 0 Å². The average molecular weight is 178 g/mol. The molecule has 0 aromatic rings. The van der Waals surface area contributed by atoms with E-state index < -0.39 is 0 Å². The molecule has 3 heteroatoms. The van der Waals surface area contributed by atoms with Gasteiger partial charge in [0.2, 0.25) is 0 Å². The number of hydrogen-bond donors (Lipinski definition) is 1. The Labute approximate surface area is 74.1 Å². The van der Waals surface area contributed by atoms with Gasteiger partial charge in [-0.1, -0.05) is 6.42 Å². The predicted octanol–water partition coefficient (Wildman–Crippen LogP) is 1.20. The van der Waals surface area contributed by atoms with Crippen molar-refractivity contribution in [2.75, 3.05) is 26.3 Å². The molecule has 2 aliphatic heterocycles. The zero-order chi connectivity index (χ0) is 6.86. The molecule has 0 bridgehead atoms. The van der Waals surface area contributed by atoms with Crippen LogP contribution in [0.1, 0.15) is 19.3 Å². The molecule has 2 rings (SSSR count). The lowest BCUT2D eigenvalue weighted by atomic mass is 9.78. The maximum absolute atomic E-state index is 5.51. The molecule has 0 saturated carbocycles. The summed E-state index contributed by atoms with van der Waals surface area (Å²) in [7, 11) is 0. The Morgan fingerprint density at radius 3 is 2.64 bits per heavy atom. The third-order valence-corrected chi connectivity index (χ3v) is 2.65. The summed E-state index contributed by atoms with van der Waals surface area (Å²) in [5.74, 6) is 0. The van der Waals surface area contributed by atoms with Gasteiger partial charge in [0, 0.05) is 25.1 Å². The summed E-state index contributed by atoms with van der Waals surface area (Å²) >= 11 is 0. The fourth-order valence-electron chi connectivity index (χ4n) is 1.82. The Hall–Kier alpha value is 0.210. The number of rotatable bonds is 0. The first-order chi connectivity index (χ1) is 4.91. The minimum atomic E-state index is 0. The Morgan fingerprint density at radius 2 is 2.00 bits per heavy atom. The van der Waals surface area contributed by atoms with Gasteiger partial charge in [-0.05, 0) is 12.8 Å². The Balaban J connectivity index is 0.000000605. The van der Waals surface area contributed by atoms with E-state index in [0.29, 0.717) is 5.41 Å². The summed E-state index contributed by atoms with van der Waals surface area (Å²) in [6, 6.07) is 0. The topological polar surface area (TPSA) is 21.3 Å². The molecule has 2 nitrogen and oxygen atoms in total. The largest absolute Gasteiger partial charge is 0.381 e. The van der Waals surface area contributed by atoms with Crippen molar-refractivity contribution in [2.45, 2.75) is 19.3 Å². The quantitative estimate of drug-likeness (QED) is 0.601. The Kier molecular flexibility index (Phi) is 3.16. The van der Waals surface area contributed by atoms with Crippen molar-refractivity contribution in [2.24, 2.45) is 5.41 Å². The molecular weight excluding hydrogens is 162 g/mol. The van der Waals surface area contributed by atoms with Crippen LogP contribution in [0.3, 0.4) is 0 Å². The predicted molar refractivity (Wildman–Crippen MR) is 47.2 cm³/mol. The van der Waals surface area contributed by atoms with Crippen LogP contribution < -0.4 is 5.32 Å². The van der Waals surface area contributed by atoms with E-state index in [2.05, 4.69) is 5.32 Å². The van der Waals surface area contributed by atoms with E-state index in [1.54, 1.807) is 0 Å². The first kappa shape index (κ1) is 9.30. The van der Waals surface area contributed by atoms with Gasteiger partial charge in [-0.15, -0.1) is 12.4 Å². The van der Waals surface area contributed by atoms with Crippen LogP contribution in [0, 0.1) is 5.41 Å². The van der Waals surface area contributed by atoms with E-state index in [9.17, 15) is 0 Å². The Morgan fingerprint density at radius 1 is 1.18 bits per heavy atom. The van der Waals surface area contributed by atoms with Crippen molar-refractivity contribution in [3.63, 3.8) is 0 Å². The van der Waals surface area contributed by atoms with Gasteiger partial charge in [-0.25, -0.2) is 0 Å². The number of nitrogens with one attached hydrogen (secondary N) is 1. The second kappa shape index (κ2) is 3.74. The van der Waals surface area contributed by atoms with Crippen molar-refractivity contribution >= 4 is 12.4 Å². The molecule has 1 N–H and O–H groups in total. The molecule has 0 atom stereocenters. The SMILES string of the molecule is C1CCC2(CNC2)COC1.Cl. The highest BCUT2D eigenvalue weighted by Crippen LogP contribution is 2.31. The van der Waals surface area contributed by atoms with Gasteiger partial charge < -0.3 is 10.1 Å². The molecule has 0 aliphatic carbocycles. The smallest absolute Gasteiger partial charge is 0.0546 e. The fraction of sp³-hybridized carbons (Fsp3) is 1.00. The normalized spacial score (nSPS) is 28.4. The highest BCUT2D eigenvalue weighted by atomic mass is 35.5. The molecule has 0 aromatic heterocycles. The Bertz CT molecular complexity index is 115. The highest BCUT2D eigenvalue weighted by molar-refractivity contribution is 5.85. The molecule has 0 aromatic carbocycles. The summed E-state index contributed by atoms with van der Waals surface area (Å²) in [6.45, 7) is 4.36. The highest BCUT2D eigenvalue weighted by Gasteiger charge is 2.37.